The lowest BCUT2D eigenvalue weighted by Crippen LogP contribution is -2.50. The van der Waals surface area contributed by atoms with Crippen LogP contribution in [0.25, 0.3) is 0 Å². The van der Waals surface area contributed by atoms with Gasteiger partial charge in [-0.3, -0.25) is 4.79 Å². The molecule has 112 valence electrons. The van der Waals surface area contributed by atoms with Crippen molar-refractivity contribution in [1.82, 2.24) is 5.32 Å². The van der Waals surface area contributed by atoms with Crippen molar-refractivity contribution in [2.75, 3.05) is 0 Å². The topological polar surface area (TPSA) is 55.1 Å². The Hall–Kier alpha value is -0.570. The lowest BCUT2D eigenvalue weighted by atomic mass is 9.76. The van der Waals surface area contributed by atoms with Gasteiger partial charge in [-0.25, -0.2) is 0 Å². The first-order valence-corrected chi connectivity index (χ1v) is 7.58. The molecule has 1 amide bonds. The van der Waals surface area contributed by atoms with Crippen LogP contribution in [0.3, 0.4) is 0 Å². The molecule has 0 aromatic carbocycles. The number of rotatable bonds is 3. The zero-order chi connectivity index (χ0) is 14.8. The molecule has 1 fully saturated rings. The van der Waals surface area contributed by atoms with Crippen LogP contribution in [0.4, 0.5) is 0 Å². The molecule has 0 radical (unpaired) electrons. The molecule has 1 rings (SSSR count). The summed E-state index contributed by atoms with van der Waals surface area (Å²) in [5, 5.41) is 3.24. The Morgan fingerprint density at radius 2 is 1.79 bits per heavy atom. The largest absolute Gasteiger partial charge is 0.351 e. The Morgan fingerprint density at radius 3 is 2.32 bits per heavy atom. The molecule has 1 aliphatic rings. The van der Waals surface area contributed by atoms with Crippen LogP contribution in [0.15, 0.2) is 0 Å². The summed E-state index contributed by atoms with van der Waals surface area (Å²) < 4.78 is 0. The number of nitrogens with two attached hydrogens (primary N) is 1. The van der Waals surface area contributed by atoms with Gasteiger partial charge in [0.15, 0.2) is 0 Å². The van der Waals surface area contributed by atoms with Gasteiger partial charge in [0.2, 0.25) is 5.91 Å². The second kappa shape index (κ2) is 5.82. The van der Waals surface area contributed by atoms with Crippen molar-refractivity contribution in [3.8, 4) is 0 Å². The molecule has 1 aliphatic carbocycles. The van der Waals surface area contributed by atoms with Gasteiger partial charge in [0.05, 0.1) is 0 Å². The van der Waals surface area contributed by atoms with Crippen molar-refractivity contribution in [3.63, 3.8) is 0 Å². The molecule has 3 atom stereocenters. The van der Waals surface area contributed by atoms with E-state index in [2.05, 4.69) is 46.9 Å². The van der Waals surface area contributed by atoms with Crippen molar-refractivity contribution >= 4 is 5.91 Å². The first kappa shape index (κ1) is 16.5. The molecule has 1 saturated carbocycles. The summed E-state index contributed by atoms with van der Waals surface area (Å²) in [4.78, 5) is 12.5. The monoisotopic (exact) mass is 268 g/mol. The fraction of sp³-hybridized carbons (Fsp3) is 0.938. The van der Waals surface area contributed by atoms with Crippen LogP contribution < -0.4 is 11.1 Å². The summed E-state index contributed by atoms with van der Waals surface area (Å²) in [6, 6.07) is 0.192. The Bertz CT molecular complexity index is 317. The van der Waals surface area contributed by atoms with E-state index in [0.717, 1.165) is 25.7 Å². The number of hydrogen-bond acceptors (Lipinski definition) is 2. The molecular formula is C16H32N2O. The summed E-state index contributed by atoms with van der Waals surface area (Å²) >= 11 is 0. The first-order chi connectivity index (χ1) is 8.50. The van der Waals surface area contributed by atoms with Crippen LogP contribution in [0.2, 0.25) is 0 Å². The average molecular weight is 268 g/mol. The van der Waals surface area contributed by atoms with Crippen LogP contribution >= 0.6 is 0 Å². The highest BCUT2D eigenvalue weighted by molar-refractivity contribution is 5.79. The van der Waals surface area contributed by atoms with E-state index in [1.807, 2.05) is 0 Å². The first-order valence-electron chi connectivity index (χ1n) is 7.58. The molecule has 0 saturated heterocycles. The summed E-state index contributed by atoms with van der Waals surface area (Å²) in [7, 11) is 0. The maximum Gasteiger partial charge on any atom is 0.223 e. The Labute approximate surface area is 118 Å². The van der Waals surface area contributed by atoms with Gasteiger partial charge in [-0.1, -0.05) is 27.7 Å². The van der Waals surface area contributed by atoms with E-state index >= 15 is 0 Å². The Kier molecular flexibility index (Phi) is 5.05. The molecule has 0 spiro atoms. The third kappa shape index (κ3) is 5.52. The van der Waals surface area contributed by atoms with Gasteiger partial charge in [0.1, 0.15) is 0 Å². The predicted molar refractivity (Wildman–Crippen MR) is 80.8 cm³/mol. The van der Waals surface area contributed by atoms with Gasteiger partial charge in [-0.05, 0) is 50.9 Å². The fourth-order valence-electron chi connectivity index (χ4n) is 3.52. The molecular weight excluding hydrogens is 236 g/mol. The number of carbonyl (C=O) groups is 1. The second-order valence-corrected chi connectivity index (χ2v) is 8.27. The quantitative estimate of drug-likeness (QED) is 0.826. The van der Waals surface area contributed by atoms with Crippen LogP contribution in [0.1, 0.15) is 67.2 Å². The highest BCUT2D eigenvalue weighted by Crippen LogP contribution is 2.31. The predicted octanol–water partition coefficient (Wildman–Crippen LogP) is 3.08. The molecule has 0 aromatic rings. The minimum absolute atomic E-state index is 0.0861. The van der Waals surface area contributed by atoms with Gasteiger partial charge in [-0.2, -0.15) is 0 Å². The average Bonchev–Trinajstić information content (AvgIpc) is 2.16. The van der Waals surface area contributed by atoms with Gasteiger partial charge >= 0.3 is 0 Å². The zero-order valence-electron chi connectivity index (χ0n) is 13.5. The number of carbonyl (C=O) groups excluding carboxylic acids is 1. The highest BCUT2D eigenvalue weighted by atomic mass is 16.2. The minimum Gasteiger partial charge on any atom is -0.351 e. The van der Waals surface area contributed by atoms with Crippen LogP contribution in [-0.4, -0.2) is 17.5 Å². The second-order valence-electron chi connectivity index (χ2n) is 8.27. The molecule has 3 heteroatoms. The maximum absolute atomic E-state index is 12.5. The number of nitrogens with one attached hydrogen (secondary N) is 1. The van der Waals surface area contributed by atoms with Crippen LogP contribution in [-0.2, 0) is 4.79 Å². The minimum atomic E-state index is -0.156. The van der Waals surface area contributed by atoms with Crippen molar-refractivity contribution in [2.24, 2.45) is 23.0 Å². The van der Waals surface area contributed by atoms with Crippen molar-refractivity contribution in [3.05, 3.63) is 0 Å². The fourth-order valence-corrected chi connectivity index (χ4v) is 3.52. The van der Waals surface area contributed by atoms with E-state index in [4.69, 9.17) is 5.73 Å². The lowest BCUT2D eigenvalue weighted by Gasteiger charge is -2.37. The van der Waals surface area contributed by atoms with Crippen LogP contribution in [0.5, 0.6) is 0 Å². The molecule has 19 heavy (non-hydrogen) atoms. The molecule has 3 unspecified atom stereocenters. The molecule has 3 N–H and O–H groups in total. The SMILES string of the molecule is CC1CCC(N)CC1C(=O)NC(C)(C)CC(C)(C)C. The smallest absolute Gasteiger partial charge is 0.223 e. The summed E-state index contributed by atoms with van der Waals surface area (Å²) in [5.41, 5.74) is 6.07. The third-order valence-corrected chi connectivity index (χ3v) is 4.01. The maximum atomic E-state index is 12.5. The van der Waals surface area contributed by atoms with Gasteiger partial charge in [0.25, 0.3) is 0 Å². The highest BCUT2D eigenvalue weighted by Gasteiger charge is 2.34. The number of amides is 1. The lowest BCUT2D eigenvalue weighted by molar-refractivity contribution is -0.129. The summed E-state index contributed by atoms with van der Waals surface area (Å²) in [5.74, 6) is 0.727. The summed E-state index contributed by atoms with van der Waals surface area (Å²) in [6.07, 6.45) is 3.92. The van der Waals surface area contributed by atoms with Crippen LogP contribution in [0, 0.1) is 17.3 Å². The third-order valence-electron chi connectivity index (χ3n) is 4.01. The normalized spacial score (nSPS) is 29.1. The zero-order valence-corrected chi connectivity index (χ0v) is 13.5. The van der Waals surface area contributed by atoms with E-state index in [1.54, 1.807) is 0 Å². The summed E-state index contributed by atoms with van der Waals surface area (Å²) in [6.45, 7) is 13.0. The Balaban J connectivity index is 2.62. The Morgan fingerprint density at radius 1 is 1.21 bits per heavy atom. The van der Waals surface area contributed by atoms with Gasteiger partial charge < -0.3 is 11.1 Å². The van der Waals surface area contributed by atoms with Crippen molar-refractivity contribution in [1.29, 1.82) is 0 Å². The molecule has 0 heterocycles. The van der Waals surface area contributed by atoms with Gasteiger partial charge in [-0.15, -0.1) is 0 Å². The molecule has 3 nitrogen and oxygen atoms in total. The van der Waals surface area contributed by atoms with E-state index in [0.29, 0.717) is 5.92 Å². The van der Waals surface area contributed by atoms with E-state index in [9.17, 15) is 4.79 Å². The standard InChI is InChI=1S/C16H32N2O/c1-11-7-8-12(17)9-13(11)14(19)18-16(5,6)10-15(2,3)4/h11-13H,7-10,17H2,1-6H3,(H,18,19). The molecule has 0 aliphatic heterocycles. The van der Waals surface area contributed by atoms with Crippen molar-refractivity contribution < 1.29 is 4.79 Å². The van der Waals surface area contributed by atoms with E-state index in [1.165, 1.54) is 0 Å². The van der Waals surface area contributed by atoms with E-state index < -0.39 is 0 Å². The van der Waals surface area contributed by atoms with Gasteiger partial charge in [0, 0.05) is 17.5 Å². The molecule has 0 bridgehead atoms. The number of hydrogen-bond donors (Lipinski definition) is 2. The van der Waals surface area contributed by atoms with E-state index in [-0.39, 0.29) is 28.8 Å². The van der Waals surface area contributed by atoms with Crippen molar-refractivity contribution in [2.45, 2.75) is 78.8 Å². The molecule has 0 aromatic heterocycles.